The molecule has 1 unspecified atom stereocenters. The van der Waals surface area contributed by atoms with Crippen LogP contribution in [0.3, 0.4) is 0 Å². The third-order valence-corrected chi connectivity index (χ3v) is 3.37. The van der Waals surface area contributed by atoms with Crippen LogP contribution in [-0.2, 0) is 9.53 Å². The average Bonchev–Trinajstić information content (AvgIpc) is 2.46. The minimum atomic E-state index is -0.426. The van der Waals surface area contributed by atoms with Gasteiger partial charge in [0.2, 0.25) is 0 Å². The van der Waals surface area contributed by atoms with Crippen LogP contribution in [0.1, 0.15) is 18.4 Å². The lowest BCUT2D eigenvalue weighted by Gasteiger charge is -2.33. The van der Waals surface area contributed by atoms with Gasteiger partial charge in [0.15, 0.2) is 0 Å². The fourth-order valence-electron chi connectivity index (χ4n) is 2.39. The van der Waals surface area contributed by atoms with Gasteiger partial charge in [-0.1, -0.05) is 0 Å². The number of ether oxygens (including phenoxy) is 1. The fourth-order valence-corrected chi connectivity index (χ4v) is 2.39. The van der Waals surface area contributed by atoms with E-state index in [0.29, 0.717) is 24.3 Å². The van der Waals surface area contributed by atoms with Gasteiger partial charge in [0.05, 0.1) is 30.3 Å². The molecule has 0 saturated carbocycles. The first-order valence-electron chi connectivity index (χ1n) is 6.18. The number of nitrogens with zero attached hydrogens (tertiary/aromatic N) is 2. The molecule has 2 rings (SSSR count). The monoisotopic (exact) mass is 262 g/mol. The molecule has 0 aromatic heterocycles. The summed E-state index contributed by atoms with van der Waals surface area (Å²) < 4.78 is 18.7. The molecule has 0 aliphatic carbocycles. The molecule has 0 radical (unpaired) electrons. The maximum atomic E-state index is 13.9. The van der Waals surface area contributed by atoms with Crippen LogP contribution in [-0.4, -0.2) is 26.2 Å². The molecule has 5 heteroatoms. The Bertz CT molecular complexity index is 525. The van der Waals surface area contributed by atoms with E-state index in [-0.39, 0.29) is 11.9 Å². The highest BCUT2D eigenvalue weighted by molar-refractivity contribution is 5.73. The van der Waals surface area contributed by atoms with Crippen molar-refractivity contribution in [2.24, 2.45) is 5.92 Å². The summed E-state index contributed by atoms with van der Waals surface area (Å²) in [6, 6.07) is 6.30. The van der Waals surface area contributed by atoms with Gasteiger partial charge in [-0.3, -0.25) is 4.79 Å². The lowest BCUT2D eigenvalue weighted by atomic mass is 9.97. The lowest BCUT2D eigenvalue weighted by molar-refractivity contribution is -0.145. The number of halogens is 1. The molecule has 1 aliphatic rings. The summed E-state index contributed by atoms with van der Waals surface area (Å²) >= 11 is 0. The van der Waals surface area contributed by atoms with Crippen LogP contribution < -0.4 is 4.90 Å². The molecule has 1 aliphatic heterocycles. The van der Waals surface area contributed by atoms with E-state index >= 15 is 0 Å². The summed E-state index contributed by atoms with van der Waals surface area (Å²) in [5.74, 6) is -0.892. The van der Waals surface area contributed by atoms with Gasteiger partial charge < -0.3 is 9.64 Å². The summed E-state index contributed by atoms with van der Waals surface area (Å²) in [5.41, 5.74) is 0.732. The average molecular weight is 262 g/mol. The molecule has 1 fully saturated rings. The van der Waals surface area contributed by atoms with Crippen molar-refractivity contribution in [2.45, 2.75) is 12.8 Å². The van der Waals surface area contributed by atoms with Gasteiger partial charge in [0.1, 0.15) is 5.82 Å². The first-order chi connectivity index (χ1) is 9.15. The van der Waals surface area contributed by atoms with E-state index in [2.05, 4.69) is 0 Å². The Morgan fingerprint density at radius 3 is 3.00 bits per heavy atom. The number of methoxy groups -OCH3 is 1. The van der Waals surface area contributed by atoms with Gasteiger partial charge >= 0.3 is 5.97 Å². The number of hydrogen-bond donors (Lipinski definition) is 0. The van der Waals surface area contributed by atoms with Gasteiger partial charge in [-0.2, -0.15) is 5.26 Å². The quantitative estimate of drug-likeness (QED) is 0.766. The van der Waals surface area contributed by atoms with E-state index in [1.807, 2.05) is 11.0 Å². The van der Waals surface area contributed by atoms with Crippen LogP contribution in [0, 0.1) is 23.1 Å². The number of benzene rings is 1. The zero-order chi connectivity index (χ0) is 13.8. The van der Waals surface area contributed by atoms with Gasteiger partial charge in [-0.05, 0) is 31.0 Å². The topological polar surface area (TPSA) is 53.3 Å². The van der Waals surface area contributed by atoms with Crippen molar-refractivity contribution in [3.8, 4) is 6.07 Å². The minimum absolute atomic E-state index is 0.214. The molecule has 0 N–H and O–H groups in total. The van der Waals surface area contributed by atoms with E-state index in [9.17, 15) is 9.18 Å². The third-order valence-electron chi connectivity index (χ3n) is 3.37. The molecular weight excluding hydrogens is 247 g/mol. The number of anilines is 1. The molecule has 1 atom stereocenters. The Labute approximate surface area is 111 Å². The highest BCUT2D eigenvalue weighted by Gasteiger charge is 2.27. The highest BCUT2D eigenvalue weighted by Crippen LogP contribution is 2.26. The number of piperidine rings is 1. The third kappa shape index (κ3) is 2.84. The summed E-state index contributed by atoms with van der Waals surface area (Å²) in [6.07, 6.45) is 1.58. The molecule has 1 saturated heterocycles. The summed E-state index contributed by atoms with van der Waals surface area (Å²) in [4.78, 5) is 13.4. The fraction of sp³-hybridized carbons (Fsp3) is 0.429. The Hall–Kier alpha value is -2.09. The number of rotatable bonds is 2. The molecule has 100 valence electrons. The van der Waals surface area contributed by atoms with Crippen molar-refractivity contribution >= 4 is 11.7 Å². The van der Waals surface area contributed by atoms with Crippen molar-refractivity contribution in [2.75, 3.05) is 25.1 Å². The Morgan fingerprint density at radius 1 is 1.58 bits per heavy atom. The van der Waals surface area contributed by atoms with E-state index < -0.39 is 5.82 Å². The van der Waals surface area contributed by atoms with Gasteiger partial charge in [0.25, 0.3) is 0 Å². The number of esters is 1. The molecule has 0 bridgehead atoms. The zero-order valence-corrected chi connectivity index (χ0v) is 10.7. The predicted octanol–water partition coefficient (Wildman–Crippen LogP) is 2.09. The molecular formula is C14H15FN2O2. The lowest BCUT2D eigenvalue weighted by Crippen LogP contribution is -2.39. The predicted molar refractivity (Wildman–Crippen MR) is 68.1 cm³/mol. The second kappa shape index (κ2) is 5.70. The molecule has 0 amide bonds. The second-order valence-corrected chi connectivity index (χ2v) is 4.59. The van der Waals surface area contributed by atoms with Gasteiger partial charge in [-0.25, -0.2) is 4.39 Å². The van der Waals surface area contributed by atoms with Crippen LogP contribution in [0.4, 0.5) is 10.1 Å². The Balaban J connectivity index is 2.18. The van der Waals surface area contributed by atoms with Crippen molar-refractivity contribution in [3.05, 3.63) is 29.6 Å². The summed E-state index contributed by atoms with van der Waals surface area (Å²) in [7, 11) is 1.36. The van der Waals surface area contributed by atoms with Crippen LogP contribution in [0.25, 0.3) is 0 Å². The van der Waals surface area contributed by atoms with Crippen molar-refractivity contribution in [1.82, 2.24) is 0 Å². The van der Waals surface area contributed by atoms with E-state index in [1.165, 1.54) is 13.2 Å². The molecule has 1 heterocycles. The smallest absolute Gasteiger partial charge is 0.310 e. The first-order valence-corrected chi connectivity index (χ1v) is 6.18. The standard InChI is InChI=1S/C14H15FN2O2/c1-19-14(18)11-3-2-6-17(9-11)13-5-4-10(8-16)7-12(13)15/h4-5,7,11H,2-3,6,9H2,1H3. The zero-order valence-electron chi connectivity index (χ0n) is 10.7. The Morgan fingerprint density at radius 2 is 2.37 bits per heavy atom. The van der Waals surface area contributed by atoms with Crippen LogP contribution in [0.5, 0.6) is 0 Å². The maximum absolute atomic E-state index is 13.9. The SMILES string of the molecule is COC(=O)C1CCCN(c2ccc(C#N)cc2F)C1. The molecule has 0 spiro atoms. The number of nitriles is 1. The van der Waals surface area contributed by atoms with Gasteiger partial charge in [0, 0.05) is 13.1 Å². The first kappa shape index (κ1) is 13.3. The van der Waals surface area contributed by atoms with Crippen LogP contribution in [0.2, 0.25) is 0 Å². The molecule has 1 aromatic rings. The van der Waals surface area contributed by atoms with Crippen molar-refractivity contribution < 1.29 is 13.9 Å². The second-order valence-electron chi connectivity index (χ2n) is 4.59. The highest BCUT2D eigenvalue weighted by atomic mass is 19.1. The van der Waals surface area contributed by atoms with Crippen LogP contribution >= 0.6 is 0 Å². The van der Waals surface area contributed by atoms with Gasteiger partial charge in [-0.15, -0.1) is 0 Å². The van der Waals surface area contributed by atoms with Crippen molar-refractivity contribution in [1.29, 1.82) is 5.26 Å². The summed E-state index contributed by atoms with van der Waals surface area (Å²) in [5, 5.41) is 8.72. The number of hydrogen-bond acceptors (Lipinski definition) is 4. The summed E-state index contributed by atoms with van der Waals surface area (Å²) in [6.45, 7) is 1.16. The van der Waals surface area contributed by atoms with Crippen LogP contribution in [0.15, 0.2) is 18.2 Å². The normalized spacial score (nSPS) is 18.8. The number of carbonyl (C=O) groups excluding carboxylic acids is 1. The molecule has 1 aromatic carbocycles. The largest absolute Gasteiger partial charge is 0.469 e. The van der Waals surface area contributed by atoms with E-state index in [0.717, 1.165) is 12.8 Å². The Kier molecular flexibility index (Phi) is 4.00. The van der Waals surface area contributed by atoms with E-state index in [4.69, 9.17) is 10.00 Å². The minimum Gasteiger partial charge on any atom is -0.469 e. The number of carbonyl (C=O) groups is 1. The molecule has 19 heavy (non-hydrogen) atoms. The van der Waals surface area contributed by atoms with E-state index in [1.54, 1.807) is 12.1 Å². The maximum Gasteiger partial charge on any atom is 0.310 e. The molecule has 4 nitrogen and oxygen atoms in total. The van der Waals surface area contributed by atoms with Crippen molar-refractivity contribution in [3.63, 3.8) is 0 Å².